The van der Waals surface area contributed by atoms with E-state index in [1.54, 1.807) is 0 Å². The van der Waals surface area contributed by atoms with Crippen LogP contribution in [0, 0.1) is 0 Å². The second kappa shape index (κ2) is 14.0. The molecule has 3 aliphatic heterocycles. The largest absolute Gasteiger partial charge is 0.356 e. The zero-order valence-electron chi connectivity index (χ0n) is 23.9. The van der Waals surface area contributed by atoms with Gasteiger partial charge in [0.2, 0.25) is 20.0 Å². The van der Waals surface area contributed by atoms with Crippen LogP contribution < -0.4 is 9.44 Å². The first kappa shape index (κ1) is 32.2. The highest BCUT2D eigenvalue weighted by molar-refractivity contribution is 7.89. The van der Waals surface area contributed by atoms with Crippen LogP contribution in [0.2, 0.25) is 0 Å². The van der Waals surface area contributed by atoms with Crippen molar-refractivity contribution in [3.8, 4) is 0 Å². The molecule has 0 bridgehead atoms. The third kappa shape index (κ3) is 8.58. The van der Waals surface area contributed by atoms with Crippen LogP contribution in [-0.4, -0.2) is 82.8 Å². The van der Waals surface area contributed by atoms with Gasteiger partial charge in [-0.3, -0.25) is 0 Å². The molecular formula is C26H51N3O7S2. The average Bonchev–Trinajstić information content (AvgIpc) is 3.49. The fourth-order valence-electron chi connectivity index (χ4n) is 5.59. The summed E-state index contributed by atoms with van der Waals surface area (Å²) in [5, 5.41) is 0. The predicted octanol–water partition coefficient (Wildman–Crippen LogP) is 3.43. The lowest BCUT2D eigenvalue weighted by atomic mass is 10.1. The number of hydrogen-bond donors (Lipinski definition) is 2. The van der Waals surface area contributed by atoms with Crippen LogP contribution in [0.5, 0.6) is 0 Å². The minimum Gasteiger partial charge on any atom is -0.356 e. The molecule has 5 atom stereocenters. The third-order valence-corrected chi connectivity index (χ3v) is 10.7. The van der Waals surface area contributed by atoms with Crippen molar-refractivity contribution in [2.45, 2.75) is 135 Å². The van der Waals surface area contributed by atoms with E-state index in [0.29, 0.717) is 19.4 Å². The summed E-state index contributed by atoms with van der Waals surface area (Å²) in [5.41, 5.74) is -1.84. The maximum atomic E-state index is 12.6. The van der Waals surface area contributed by atoms with Crippen LogP contribution in [-0.2, 0) is 34.3 Å². The lowest BCUT2D eigenvalue weighted by Gasteiger charge is -2.32. The SMILES string of the molecule is CCCCCCCCS(=O)(=O)NC[C@@]1(C)O[C@H]2CO[C@@H]3N2[C@H]1O[C@]3(C)CNS(=O)(=O)CCCCCCCC. The summed E-state index contributed by atoms with van der Waals surface area (Å²) in [7, 11) is -6.89. The van der Waals surface area contributed by atoms with E-state index >= 15 is 0 Å². The highest BCUT2D eigenvalue weighted by Gasteiger charge is 2.67. The topological polar surface area (TPSA) is 123 Å². The van der Waals surface area contributed by atoms with E-state index < -0.39 is 43.7 Å². The Morgan fingerprint density at radius 1 is 0.684 bits per heavy atom. The zero-order chi connectivity index (χ0) is 27.9. The summed E-state index contributed by atoms with van der Waals surface area (Å²) in [6.07, 6.45) is 10.8. The molecule has 0 amide bonds. The number of unbranched alkanes of at least 4 members (excludes halogenated alkanes) is 10. The Morgan fingerprint density at radius 3 is 1.63 bits per heavy atom. The molecule has 0 aliphatic carbocycles. The van der Waals surface area contributed by atoms with Gasteiger partial charge in [0, 0.05) is 13.1 Å². The van der Waals surface area contributed by atoms with Gasteiger partial charge in [0.25, 0.3) is 0 Å². The van der Waals surface area contributed by atoms with E-state index in [2.05, 4.69) is 23.3 Å². The van der Waals surface area contributed by atoms with Crippen molar-refractivity contribution in [1.82, 2.24) is 14.3 Å². The van der Waals surface area contributed by atoms with Crippen molar-refractivity contribution < 1.29 is 31.0 Å². The minimum absolute atomic E-state index is 0.0788. The molecule has 0 aromatic heterocycles. The number of hydrogen-bond acceptors (Lipinski definition) is 8. The van der Waals surface area contributed by atoms with Crippen molar-refractivity contribution in [3.63, 3.8) is 0 Å². The van der Waals surface area contributed by atoms with Crippen LogP contribution >= 0.6 is 0 Å². The average molecular weight is 582 g/mol. The normalized spacial score (nSPS) is 31.3. The summed E-state index contributed by atoms with van der Waals surface area (Å²) in [5.74, 6) is 0.190. The predicted molar refractivity (Wildman–Crippen MR) is 148 cm³/mol. The molecule has 224 valence electrons. The fourth-order valence-corrected chi connectivity index (χ4v) is 8.06. The van der Waals surface area contributed by atoms with E-state index in [1.807, 2.05) is 18.7 Å². The van der Waals surface area contributed by atoms with Crippen molar-refractivity contribution in [3.05, 3.63) is 0 Å². The maximum absolute atomic E-state index is 12.6. The molecule has 3 aliphatic rings. The van der Waals surface area contributed by atoms with E-state index in [9.17, 15) is 16.8 Å². The summed E-state index contributed by atoms with van der Waals surface area (Å²) in [6.45, 7) is 8.48. The highest BCUT2D eigenvalue weighted by atomic mass is 32.2. The number of sulfonamides is 2. The first-order valence-corrected chi connectivity index (χ1v) is 17.9. The van der Waals surface area contributed by atoms with Gasteiger partial charge < -0.3 is 14.2 Å². The Labute approximate surface area is 231 Å². The smallest absolute Gasteiger partial charge is 0.211 e. The third-order valence-electron chi connectivity index (χ3n) is 7.92. The van der Waals surface area contributed by atoms with Crippen molar-refractivity contribution in [1.29, 1.82) is 0 Å². The summed E-state index contributed by atoms with van der Waals surface area (Å²) >= 11 is 0. The molecule has 3 rings (SSSR count). The molecule has 3 saturated heterocycles. The molecule has 0 unspecified atom stereocenters. The lowest BCUT2D eigenvalue weighted by Crippen LogP contribution is -2.51. The second-order valence-corrected chi connectivity index (χ2v) is 15.5. The molecule has 0 aromatic carbocycles. The van der Waals surface area contributed by atoms with Crippen molar-refractivity contribution in [2.24, 2.45) is 0 Å². The highest BCUT2D eigenvalue weighted by Crippen LogP contribution is 2.48. The molecule has 38 heavy (non-hydrogen) atoms. The van der Waals surface area contributed by atoms with Gasteiger partial charge in [-0.15, -0.1) is 0 Å². The molecule has 0 spiro atoms. The standard InChI is InChI=1S/C26H51N3O7S2/c1-5-7-9-11-13-15-17-37(30,31)27-20-25(3)23-29-22(19-34-23)35-26(4,24(29)36-25)21-28-38(32,33)18-16-14-12-10-8-6-2/h22-24,27-28H,5-21H2,1-4H3/t22-,23-,24-,25+,26+/m0/s1. The van der Waals surface area contributed by atoms with Gasteiger partial charge in [0.15, 0.2) is 0 Å². The van der Waals surface area contributed by atoms with Gasteiger partial charge in [0.05, 0.1) is 18.1 Å². The van der Waals surface area contributed by atoms with Gasteiger partial charge in [-0.1, -0.05) is 78.1 Å². The van der Waals surface area contributed by atoms with Crippen LogP contribution in [0.15, 0.2) is 0 Å². The first-order valence-electron chi connectivity index (χ1n) is 14.6. The van der Waals surface area contributed by atoms with Crippen LogP contribution in [0.4, 0.5) is 0 Å². The molecule has 3 fully saturated rings. The Hall–Kier alpha value is -0.340. The summed E-state index contributed by atoms with van der Waals surface area (Å²) in [6, 6.07) is 0. The van der Waals surface area contributed by atoms with Crippen LogP contribution in [0.25, 0.3) is 0 Å². The quantitative estimate of drug-likeness (QED) is 0.210. The molecule has 2 N–H and O–H groups in total. The number of ether oxygens (including phenoxy) is 3. The molecule has 0 saturated carbocycles. The lowest BCUT2D eigenvalue weighted by molar-refractivity contribution is -0.125. The summed E-state index contributed by atoms with van der Waals surface area (Å²) < 4.78 is 74.6. The maximum Gasteiger partial charge on any atom is 0.211 e. The van der Waals surface area contributed by atoms with Gasteiger partial charge in [0.1, 0.15) is 29.9 Å². The molecule has 3 heterocycles. The van der Waals surface area contributed by atoms with Gasteiger partial charge in [-0.25, -0.2) is 31.2 Å². The Balaban J connectivity index is 1.50. The van der Waals surface area contributed by atoms with E-state index in [-0.39, 0.29) is 30.8 Å². The van der Waals surface area contributed by atoms with Crippen LogP contribution in [0.1, 0.15) is 105 Å². The number of rotatable bonds is 20. The molecule has 0 aromatic rings. The van der Waals surface area contributed by atoms with Gasteiger partial charge in [-0.2, -0.15) is 0 Å². The number of nitrogens with one attached hydrogen (secondary N) is 2. The molecular weight excluding hydrogens is 530 g/mol. The van der Waals surface area contributed by atoms with E-state index in [1.165, 1.54) is 12.8 Å². The van der Waals surface area contributed by atoms with Crippen LogP contribution in [0.3, 0.4) is 0 Å². The van der Waals surface area contributed by atoms with E-state index in [0.717, 1.165) is 51.4 Å². The first-order chi connectivity index (χ1) is 18.0. The Kier molecular flexibility index (Phi) is 11.9. The summed E-state index contributed by atoms with van der Waals surface area (Å²) in [4.78, 5) is 1.98. The van der Waals surface area contributed by atoms with Gasteiger partial charge >= 0.3 is 0 Å². The van der Waals surface area contributed by atoms with Crippen molar-refractivity contribution in [2.75, 3.05) is 31.2 Å². The minimum atomic E-state index is -3.44. The molecule has 12 heteroatoms. The fraction of sp³-hybridized carbons (Fsp3) is 1.00. The molecule has 10 nitrogen and oxygen atoms in total. The van der Waals surface area contributed by atoms with Gasteiger partial charge in [-0.05, 0) is 26.7 Å². The number of nitrogens with zero attached hydrogens (tertiary/aromatic N) is 1. The Bertz CT molecular complexity index is 898. The molecule has 0 radical (unpaired) electrons. The van der Waals surface area contributed by atoms with Crippen molar-refractivity contribution >= 4 is 20.0 Å². The zero-order valence-corrected chi connectivity index (χ0v) is 25.5. The monoisotopic (exact) mass is 581 g/mol. The second-order valence-electron chi connectivity index (χ2n) is 11.6. The van der Waals surface area contributed by atoms with E-state index in [4.69, 9.17) is 14.2 Å². The Morgan fingerprint density at radius 2 is 1.13 bits per heavy atom.